The fraction of sp³-hybridized carbons (Fsp3) is 0.273. The summed E-state index contributed by atoms with van der Waals surface area (Å²) in [5.41, 5.74) is 2.10. The molecule has 2 aromatic rings. The lowest BCUT2D eigenvalue weighted by molar-refractivity contribution is -0.121. The first-order valence-electron chi connectivity index (χ1n) is 9.24. The second-order valence-corrected chi connectivity index (χ2v) is 8.11. The van der Waals surface area contributed by atoms with Crippen molar-refractivity contribution in [3.8, 4) is 11.5 Å². The van der Waals surface area contributed by atoms with Gasteiger partial charge in [0.25, 0.3) is 5.91 Å². The van der Waals surface area contributed by atoms with Gasteiger partial charge in [0, 0.05) is 7.05 Å². The van der Waals surface area contributed by atoms with Crippen molar-refractivity contribution in [1.82, 2.24) is 4.90 Å². The molecule has 0 atom stereocenters. The van der Waals surface area contributed by atoms with E-state index in [1.54, 1.807) is 7.05 Å². The topological polar surface area (TPSA) is 48.0 Å². The molecule has 0 bridgehead atoms. The van der Waals surface area contributed by atoms with Gasteiger partial charge in [0.1, 0.15) is 29.0 Å². The van der Waals surface area contributed by atoms with Crippen LogP contribution in [0.25, 0.3) is 6.08 Å². The molecule has 0 aliphatic carbocycles. The second kappa shape index (κ2) is 10.4. The Morgan fingerprint density at radius 3 is 2.31 bits per heavy atom. The minimum Gasteiger partial charge on any atom is -0.491 e. The summed E-state index contributed by atoms with van der Waals surface area (Å²) >= 11 is 6.45. The first-order chi connectivity index (χ1) is 14.0. The normalized spacial score (nSPS) is 15.2. The Labute approximate surface area is 180 Å². The summed E-state index contributed by atoms with van der Waals surface area (Å²) in [5, 5.41) is 0. The molecule has 29 heavy (non-hydrogen) atoms. The molecule has 152 valence electrons. The van der Waals surface area contributed by atoms with Gasteiger partial charge in [-0.05, 0) is 48.4 Å². The Balaban J connectivity index is 1.34. The SMILES string of the molecule is Cc1cccc(OCCOCCOc2ccc(C=C3SC(=S)N(C)C3=O)cc2)c1. The van der Waals surface area contributed by atoms with Crippen LogP contribution in [0.4, 0.5) is 0 Å². The summed E-state index contributed by atoms with van der Waals surface area (Å²) in [5.74, 6) is 1.54. The van der Waals surface area contributed by atoms with Crippen LogP contribution in [0, 0.1) is 6.92 Å². The minimum absolute atomic E-state index is 0.0659. The van der Waals surface area contributed by atoms with E-state index < -0.39 is 0 Å². The number of amides is 1. The Hall–Kier alpha value is -2.35. The molecular weight excluding hydrogens is 406 g/mol. The highest BCUT2D eigenvalue weighted by Crippen LogP contribution is 2.31. The number of thioether (sulfide) groups is 1. The predicted molar refractivity (Wildman–Crippen MR) is 120 cm³/mol. The third-order valence-electron chi connectivity index (χ3n) is 4.15. The highest BCUT2D eigenvalue weighted by Gasteiger charge is 2.28. The summed E-state index contributed by atoms with van der Waals surface area (Å²) in [6.45, 7) is 3.98. The average molecular weight is 430 g/mol. The zero-order chi connectivity index (χ0) is 20.6. The number of carbonyl (C=O) groups excluding carboxylic acids is 1. The first kappa shape index (κ1) is 21.4. The number of carbonyl (C=O) groups is 1. The van der Waals surface area contributed by atoms with Crippen LogP contribution in [0.2, 0.25) is 0 Å². The van der Waals surface area contributed by atoms with Crippen LogP contribution in [-0.4, -0.2) is 48.6 Å². The first-order valence-corrected chi connectivity index (χ1v) is 10.5. The van der Waals surface area contributed by atoms with E-state index in [2.05, 4.69) is 0 Å². The van der Waals surface area contributed by atoms with Crippen molar-refractivity contribution < 1.29 is 19.0 Å². The molecule has 0 saturated carbocycles. The van der Waals surface area contributed by atoms with Crippen molar-refractivity contribution in [1.29, 1.82) is 0 Å². The van der Waals surface area contributed by atoms with Crippen LogP contribution in [-0.2, 0) is 9.53 Å². The number of likely N-dealkylation sites (N-methyl/N-ethyl adjacent to an activating group) is 1. The van der Waals surface area contributed by atoms with Crippen molar-refractivity contribution in [3.05, 3.63) is 64.6 Å². The Morgan fingerprint density at radius 1 is 1.00 bits per heavy atom. The summed E-state index contributed by atoms with van der Waals surface area (Å²) < 4.78 is 17.4. The number of rotatable bonds is 9. The van der Waals surface area contributed by atoms with Crippen LogP contribution < -0.4 is 9.47 Å². The van der Waals surface area contributed by atoms with E-state index in [1.165, 1.54) is 22.2 Å². The summed E-state index contributed by atoms with van der Waals surface area (Å²) in [6, 6.07) is 15.5. The van der Waals surface area contributed by atoms with E-state index in [0.717, 1.165) is 17.1 Å². The molecule has 1 saturated heterocycles. The van der Waals surface area contributed by atoms with E-state index in [0.29, 0.717) is 35.7 Å². The van der Waals surface area contributed by atoms with E-state index in [9.17, 15) is 4.79 Å². The van der Waals surface area contributed by atoms with Crippen molar-refractivity contribution in [2.45, 2.75) is 6.92 Å². The highest BCUT2D eigenvalue weighted by atomic mass is 32.2. The quantitative estimate of drug-likeness (QED) is 0.337. The van der Waals surface area contributed by atoms with Crippen molar-refractivity contribution in [2.75, 3.05) is 33.5 Å². The minimum atomic E-state index is -0.0659. The summed E-state index contributed by atoms with van der Waals surface area (Å²) in [6.07, 6.45) is 1.84. The molecule has 0 unspecified atom stereocenters. The molecule has 0 radical (unpaired) electrons. The molecule has 0 aromatic heterocycles. The van der Waals surface area contributed by atoms with Gasteiger partial charge in [-0.15, -0.1) is 0 Å². The second-order valence-electron chi connectivity index (χ2n) is 6.44. The van der Waals surface area contributed by atoms with Gasteiger partial charge in [0.2, 0.25) is 0 Å². The van der Waals surface area contributed by atoms with E-state index in [1.807, 2.05) is 61.5 Å². The highest BCUT2D eigenvalue weighted by molar-refractivity contribution is 8.26. The van der Waals surface area contributed by atoms with Crippen LogP contribution >= 0.6 is 24.0 Å². The van der Waals surface area contributed by atoms with Gasteiger partial charge < -0.3 is 14.2 Å². The van der Waals surface area contributed by atoms with Crippen molar-refractivity contribution >= 4 is 40.3 Å². The Morgan fingerprint density at radius 2 is 1.69 bits per heavy atom. The average Bonchev–Trinajstić information content (AvgIpc) is 2.95. The Bertz CT molecular complexity index is 896. The number of benzene rings is 2. The third kappa shape index (κ3) is 6.32. The lowest BCUT2D eigenvalue weighted by atomic mass is 10.2. The van der Waals surface area contributed by atoms with E-state index in [4.69, 9.17) is 26.4 Å². The lowest BCUT2D eigenvalue weighted by Crippen LogP contribution is -2.22. The molecule has 1 heterocycles. The lowest BCUT2D eigenvalue weighted by Gasteiger charge is -2.09. The number of aryl methyl sites for hydroxylation is 1. The van der Waals surface area contributed by atoms with Crippen LogP contribution in [0.15, 0.2) is 53.4 Å². The number of ether oxygens (including phenoxy) is 3. The number of hydrogen-bond donors (Lipinski definition) is 0. The van der Waals surface area contributed by atoms with Crippen molar-refractivity contribution in [2.24, 2.45) is 0 Å². The zero-order valence-electron chi connectivity index (χ0n) is 16.4. The number of nitrogens with zero attached hydrogens (tertiary/aromatic N) is 1. The maximum atomic E-state index is 12.0. The van der Waals surface area contributed by atoms with Gasteiger partial charge in [-0.2, -0.15) is 0 Å². The zero-order valence-corrected chi connectivity index (χ0v) is 18.1. The molecule has 7 heteroatoms. The molecular formula is C22H23NO4S2. The fourth-order valence-electron chi connectivity index (χ4n) is 2.60. The van der Waals surface area contributed by atoms with E-state index in [-0.39, 0.29) is 5.91 Å². The summed E-state index contributed by atoms with van der Waals surface area (Å²) in [7, 11) is 1.69. The molecule has 1 aliphatic rings. The summed E-state index contributed by atoms with van der Waals surface area (Å²) in [4.78, 5) is 14.1. The van der Waals surface area contributed by atoms with Gasteiger partial charge in [-0.1, -0.05) is 48.2 Å². The predicted octanol–water partition coefficient (Wildman–Crippen LogP) is 4.30. The maximum Gasteiger partial charge on any atom is 0.265 e. The smallest absolute Gasteiger partial charge is 0.265 e. The molecule has 1 fully saturated rings. The van der Waals surface area contributed by atoms with E-state index >= 15 is 0 Å². The van der Waals surface area contributed by atoms with Gasteiger partial charge in [0.05, 0.1) is 18.1 Å². The van der Waals surface area contributed by atoms with Crippen molar-refractivity contribution in [3.63, 3.8) is 0 Å². The van der Waals surface area contributed by atoms with Crippen LogP contribution in [0.1, 0.15) is 11.1 Å². The van der Waals surface area contributed by atoms with Gasteiger partial charge in [-0.3, -0.25) is 9.69 Å². The van der Waals surface area contributed by atoms with Crippen LogP contribution in [0.5, 0.6) is 11.5 Å². The molecule has 0 N–H and O–H groups in total. The standard InChI is InChI=1S/C22H23NO4S2/c1-16-4-3-5-19(14-16)27-13-11-25-10-12-26-18-8-6-17(7-9-18)15-20-21(24)23(2)22(28)29-20/h3-9,14-15H,10-13H2,1-2H3. The molecule has 0 spiro atoms. The molecule has 2 aromatic carbocycles. The fourth-order valence-corrected chi connectivity index (χ4v) is 3.78. The molecule has 1 aliphatic heterocycles. The number of hydrogen-bond acceptors (Lipinski definition) is 6. The van der Waals surface area contributed by atoms with Gasteiger partial charge >= 0.3 is 0 Å². The maximum absolute atomic E-state index is 12.0. The molecule has 3 rings (SSSR count). The van der Waals surface area contributed by atoms with Gasteiger partial charge in [0.15, 0.2) is 0 Å². The van der Waals surface area contributed by atoms with Crippen LogP contribution in [0.3, 0.4) is 0 Å². The Kier molecular flexibility index (Phi) is 7.69. The van der Waals surface area contributed by atoms with Gasteiger partial charge in [-0.25, -0.2) is 0 Å². The largest absolute Gasteiger partial charge is 0.491 e. The monoisotopic (exact) mass is 429 g/mol. The molecule has 5 nitrogen and oxygen atoms in total. The number of thiocarbonyl (C=S) groups is 1. The third-order valence-corrected chi connectivity index (χ3v) is 5.63. The molecule has 1 amide bonds.